The van der Waals surface area contributed by atoms with Crippen molar-refractivity contribution in [1.82, 2.24) is 0 Å². The number of para-hydroxylation sites is 1. The van der Waals surface area contributed by atoms with Gasteiger partial charge in [-0.3, -0.25) is 9.59 Å². The number of carbonyl (C=O) groups excluding carboxylic acids is 1. The van der Waals surface area contributed by atoms with Gasteiger partial charge in [0, 0.05) is 12.2 Å². The first kappa shape index (κ1) is 13.6. The average Bonchev–Trinajstić information content (AvgIpc) is 3.20. The van der Waals surface area contributed by atoms with Gasteiger partial charge in [0.25, 0.3) is 0 Å². The highest BCUT2D eigenvalue weighted by Gasteiger charge is 2.49. The molecule has 4 heteroatoms. The molecule has 1 amide bonds. The fraction of sp³-hybridized carbons (Fsp3) is 0.467. The molecule has 1 aromatic rings. The third-order valence-corrected chi connectivity index (χ3v) is 3.49. The van der Waals surface area contributed by atoms with Crippen LogP contribution in [-0.2, 0) is 9.59 Å². The van der Waals surface area contributed by atoms with E-state index >= 15 is 0 Å². The second kappa shape index (κ2) is 5.87. The summed E-state index contributed by atoms with van der Waals surface area (Å²) in [4.78, 5) is 25.0. The van der Waals surface area contributed by atoms with E-state index in [0.717, 1.165) is 18.5 Å². The molecule has 0 saturated heterocycles. The van der Waals surface area contributed by atoms with E-state index in [9.17, 15) is 9.59 Å². The minimum absolute atomic E-state index is 0.0490. The number of hydrogen-bond acceptors (Lipinski definition) is 2. The summed E-state index contributed by atoms with van der Waals surface area (Å²) in [7, 11) is 0. The highest BCUT2D eigenvalue weighted by molar-refractivity contribution is 6.00. The third kappa shape index (κ3) is 3.13. The molecule has 0 radical (unpaired) electrons. The van der Waals surface area contributed by atoms with E-state index in [0.29, 0.717) is 13.0 Å². The van der Waals surface area contributed by atoms with Crippen molar-refractivity contribution in [2.24, 2.45) is 11.8 Å². The van der Waals surface area contributed by atoms with E-state index < -0.39 is 11.9 Å². The molecule has 1 fully saturated rings. The van der Waals surface area contributed by atoms with Crippen molar-refractivity contribution in [2.75, 3.05) is 11.4 Å². The summed E-state index contributed by atoms with van der Waals surface area (Å²) in [5.41, 5.74) is 0.858. The molecular formula is C15H19NO3. The Balaban J connectivity index is 2.10. The molecule has 19 heavy (non-hydrogen) atoms. The molecule has 1 aromatic carbocycles. The largest absolute Gasteiger partial charge is 0.481 e. The monoisotopic (exact) mass is 261 g/mol. The van der Waals surface area contributed by atoms with E-state index in [1.807, 2.05) is 30.3 Å². The zero-order valence-electron chi connectivity index (χ0n) is 11.1. The van der Waals surface area contributed by atoms with Crippen LogP contribution in [0, 0.1) is 11.8 Å². The lowest BCUT2D eigenvalue weighted by Gasteiger charge is -2.22. The Kier molecular flexibility index (Phi) is 4.20. The van der Waals surface area contributed by atoms with Crippen molar-refractivity contribution in [3.63, 3.8) is 0 Å². The number of carbonyl (C=O) groups is 2. The topological polar surface area (TPSA) is 57.6 Å². The van der Waals surface area contributed by atoms with Gasteiger partial charge >= 0.3 is 5.97 Å². The molecule has 0 aromatic heterocycles. The van der Waals surface area contributed by atoms with Gasteiger partial charge in [-0.05, 0) is 25.0 Å². The van der Waals surface area contributed by atoms with Crippen LogP contribution in [0.5, 0.6) is 0 Å². The van der Waals surface area contributed by atoms with Crippen LogP contribution in [0.2, 0.25) is 0 Å². The summed E-state index contributed by atoms with van der Waals surface area (Å²) in [5, 5.41) is 8.93. The lowest BCUT2D eigenvalue weighted by molar-refractivity contribution is -0.140. The standard InChI is InChI=1S/C15H19NO3/c1-2-3-9-16(11-7-5-4-6-8-11)14(17)12-10-13(12)15(18)19/h4-8,12-13H,2-3,9-10H2,1H3,(H,18,19)/t12-,13+/m1/s1. The molecule has 4 nitrogen and oxygen atoms in total. The Bertz CT molecular complexity index is 458. The molecule has 2 atom stereocenters. The quantitative estimate of drug-likeness (QED) is 0.856. The van der Waals surface area contributed by atoms with E-state index in [2.05, 4.69) is 6.92 Å². The Morgan fingerprint density at radius 1 is 1.26 bits per heavy atom. The molecule has 0 aliphatic heterocycles. The third-order valence-electron chi connectivity index (χ3n) is 3.49. The number of anilines is 1. The predicted molar refractivity (Wildman–Crippen MR) is 72.9 cm³/mol. The number of carboxylic acid groups (broad SMARTS) is 1. The Labute approximate surface area is 113 Å². The van der Waals surface area contributed by atoms with Gasteiger partial charge in [0.15, 0.2) is 0 Å². The summed E-state index contributed by atoms with van der Waals surface area (Å²) in [5.74, 6) is -1.73. The van der Waals surface area contributed by atoms with Gasteiger partial charge in [-0.1, -0.05) is 31.5 Å². The van der Waals surface area contributed by atoms with Gasteiger partial charge in [0.1, 0.15) is 0 Å². The second-order valence-corrected chi connectivity index (χ2v) is 4.97. The summed E-state index contributed by atoms with van der Waals surface area (Å²) >= 11 is 0. The number of nitrogens with zero attached hydrogens (tertiary/aromatic N) is 1. The molecule has 2 rings (SSSR count). The lowest BCUT2D eigenvalue weighted by Crippen LogP contribution is -2.34. The Morgan fingerprint density at radius 3 is 2.47 bits per heavy atom. The van der Waals surface area contributed by atoms with Crippen molar-refractivity contribution in [2.45, 2.75) is 26.2 Å². The molecule has 0 spiro atoms. The normalized spacial score (nSPS) is 20.9. The van der Waals surface area contributed by atoms with E-state index in [4.69, 9.17) is 5.11 Å². The number of benzene rings is 1. The summed E-state index contributed by atoms with van der Waals surface area (Å²) in [6, 6.07) is 9.48. The predicted octanol–water partition coefficient (Wildman–Crippen LogP) is 2.54. The summed E-state index contributed by atoms with van der Waals surface area (Å²) < 4.78 is 0. The number of hydrogen-bond donors (Lipinski definition) is 1. The van der Waals surface area contributed by atoms with E-state index in [1.54, 1.807) is 4.90 Å². The maximum absolute atomic E-state index is 12.4. The molecule has 1 aliphatic carbocycles. The summed E-state index contributed by atoms with van der Waals surface area (Å²) in [6.07, 6.45) is 2.40. The van der Waals surface area contributed by atoms with Crippen LogP contribution < -0.4 is 4.90 Å². The lowest BCUT2D eigenvalue weighted by atomic mass is 10.2. The van der Waals surface area contributed by atoms with Crippen molar-refractivity contribution in [3.05, 3.63) is 30.3 Å². The fourth-order valence-corrected chi connectivity index (χ4v) is 2.23. The van der Waals surface area contributed by atoms with Gasteiger partial charge in [-0.2, -0.15) is 0 Å². The van der Waals surface area contributed by atoms with Crippen molar-refractivity contribution in [3.8, 4) is 0 Å². The van der Waals surface area contributed by atoms with Crippen LogP contribution in [0.25, 0.3) is 0 Å². The molecule has 102 valence electrons. The molecule has 0 unspecified atom stereocenters. The van der Waals surface area contributed by atoms with Gasteiger partial charge in [0.2, 0.25) is 5.91 Å². The number of rotatable bonds is 6. The van der Waals surface area contributed by atoms with Crippen LogP contribution in [0.15, 0.2) is 30.3 Å². The fourth-order valence-electron chi connectivity index (χ4n) is 2.23. The first-order chi connectivity index (χ1) is 9.15. The number of carboxylic acids is 1. The second-order valence-electron chi connectivity index (χ2n) is 4.97. The molecule has 1 aliphatic rings. The maximum atomic E-state index is 12.4. The van der Waals surface area contributed by atoms with Gasteiger partial charge in [-0.25, -0.2) is 0 Å². The van der Waals surface area contributed by atoms with E-state index in [-0.39, 0.29) is 11.8 Å². The van der Waals surface area contributed by atoms with Crippen LogP contribution >= 0.6 is 0 Å². The summed E-state index contributed by atoms with van der Waals surface area (Å²) in [6.45, 7) is 2.73. The minimum atomic E-state index is -0.859. The first-order valence-corrected chi connectivity index (χ1v) is 6.74. The Hall–Kier alpha value is -1.84. The highest BCUT2D eigenvalue weighted by atomic mass is 16.4. The van der Waals surface area contributed by atoms with Gasteiger partial charge in [-0.15, -0.1) is 0 Å². The van der Waals surface area contributed by atoms with Crippen molar-refractivity contribution < 1.29 is 14.7 Å². The highest BCUT2D eigenvalue weighted by Crippen LogP contribution is 2.40. The smallest absolute Gasteiger partial charge is 0.307 e. The zero-order chi connectivity index (χ0) is 13.8. The van der Waals surface area contributed by atoms with Crippen molar-refractivity contribution in [1.29, 1.82) is 0 Å². The van der Waals surface area contributed by atoms with Crippen LogP contribution in [0.4, 0.5) is 5.69 Å². The van der Waals surface area contributed by atoms with Gasteiger partial charge in [0.05, 0.1) is 11.8 Å². The number of unbranched alkanes of at least 4 members (excludes halogenated alkanes) is 1. The maximum Gasteiger partial charge on any atom is 0.307 e. The average molecular weight is 261 g/mol. The zero-order valence-corrected chi connectivity index (χ0v) is 11.1. The first-order valence-electron chi connectivity index (χ1n) is 6.74. The molecule has 0 heterocycles. The molecule has 1 N–H and O–H groups in total. The van der Waals surface area contributed by atoms with E-state index in [1.165, 1.54) is 0 Å². The molecular weight excluding hydrogens is 242 g/mol. The SMILES string of the molecule is CCCCN(C(=O)[C@@H]1C[C@@H]1C(=O)O)c1ccccc1. The molecule has 1 saturated carbocycles. The number of aliphatic carboxylic acids is 1. The minimum Gasteiger partial charge on any atom is -0.481 e. The van der Waals surface area contributed by atoms with Crippen molar-refractivity contribution >= 4 is 17.6 Å². The van der Waals surface area contributed by atoms with Gasteiger partial charge < -0.3 is 10.0 Å². The van der Waals surface area contributed by atoms with Crippen LogP contribution in [0.3, 0.4) is 0 Å². The van der Waals surface area contributed by atoms with Crippen LogP contribution in [0.1, 0.15) is 26.2 Å². The van der Waals surface area contributed by atoms with Crippen LogP contribution in [-0.4, -0.2) is 23.5 Å². The number of amides is 1. The Morgan fingerprint density at radius 2 is 1.95 bits per heavy atom. The molecule has 0 bridgehead atoms.